The van der Waals surface area contributed by atoms with Crippen molar-refractivity contribution in [3.8, 4) is 17.0 Å². The zero-order chi connectivity index (χ0) is 27.4. The Bertz CT molecular complexity index is 1650. The van der Waals surface area contributed by atoms with E-state index < -0.39 is 22.7 Å². The van der Waals surface area contributed by atoms with Crippen molar-refractivity contribution in [1.82, 2.24) is 14.5 Å². The van der Waals surface area contributed by atoms with Crippen molar-refractivity contribution in [3.05, 3.63) is 81.7 Å². The van der Waals surface area contributed by atoms with E-state index in [9.17, 15) is 23.9 Å². The fraction of sp³-hybridized carbons (Fsp3) is 0.286. The highest BCUT2D eigenvalue weighted by atomic mass is 19.1. The lowest BCUT2D eigenvalue weighted by molar-refractivity contribution is -0.123. The molecule has 0 bridgehead atoms. The number of aromatic amines is 1. The van der Waals surface area contributed by atoms with Crippen LogP contribution < -0.4 is 16.2 Å². The lowest BCUT2D eigenvalue weighted by Crippen LogP contribution is -2.40. The highest BCUT2D eigenvalue weighted by Gasteiger charge is 2.45. The summed E-state index contributed by atoms with van der Waals surface area (Å²) in [7, 11) is 1.64. The van der Waals surface area contributed by atoms with Gasteiger partial charge in [0, 0.05) is 30.2 Å². The molecule has 9 nitrogen and oxygen atoms in total. The van der Waals surface area contributed by atoms with Crippen LogP contribution in [0.4, 0.5) is 4.39 Å². The van der Waals surface area contributed by atoms with Crippen molar-refractivity contribution in [2.75, 3.05) is 6.61 Å². The number of fused-ring (bicyclic) bond motifs is 2. The number of rotatable bonds is 7. The number of imidazole rings is 1. The molecule has 0 spiro atoms. The van der Waals surface area contributed by atoms with Crippen LogP contribution in [-0.2, 0) is 22.9 Å². The monoisotopic (exact) mass is 518 g/mol. The Hall–Kier alpha value is -4.31. The summed E-state index contributed by atoms with van der Waals surface area (Å²) in [6.45, 7) is 3.20. The third-order valence-corrected chi connectivity index (χ3v) is 7.35. The third kappa shape index (κ3) is 4.16. The number of carbonyl (C=O) groups is 2. The van der Waals surface area contributed by atoms with Crippen molar-refractivity contribution >= 4 is 22.7 Å². The summed E-state index contributed by atoms with van der Waals surface area (Å²) in [6, 6.07) is 12.2. The quantitative estimate of drug-likeness (QED) is 0.321. The molecular weight excluding hydrogens is 491 g/mol. The molecule has 1 aliphatic rings. The molecule has 2 aromatic carbocycles. The van der Waals surface area contributed by atoms with Crippen LogP contribution >= 0.6 is 0 Å². The van der Waals surface area contributed by atoms with Gasteiger partial charge in [-0.1, -0.05) is 0 Å². The molecule has 0 saturated heterocycles. The normalized spacial score (nSPS) is 18.1. The molecule has 5 rings (SSSR count). The number of benzene rings is 2. The number of nitrogens with one attached hydrogen (secondary N) is 1. The molecule has 2 atom stereocenters. The number of amides is 1. The summed E-state index contributed by atoms with van der Waals surface area (Å²) in [5.41, 5.74) is 5.91. The predicted octanol–water partition coefficient (Wildman–Crippen LogP) is 3.07. The fourth-order valence-electron chi connectivity index (χ4n) is 4.71. The Morgan fingerprint density at radius 1 is 1.24 bits per heavy atom. The second-order valence-corrected chi connectivity index (χ2v) is 10.1. The van der Waals surface area contributed by atoms with Gasteiger partial charge in [-0.25, -0.2) is 14.2 Å². The van der Waals surface area contributed by atoms with Crippen LogP contribution in [0.2, 0.25) is 0 Å². The van der Waals surface area contributed by atoms with Gasteiger partial charge in [-0.15, -0.1) is 0 Å². The minimum Gasteiger partial charge on any atom is -0.489 e. The lowest BCUT2D eigenvalue weighted by atomic mass is 9.81. The number of ketones is 1. The number of Topliss-reactive ketones (excluding diaryl/α,β-unsaturated/α-hetero) is 1. The summed E-state index contributed by atoms with van der Waals surface area (Å²) in [4.78, 5) is 44.6. The van der Waals surface area contributed by atoms with Crippen LogP contribution in [0.15, 0.2) is 53.3 Å². The van der Waals surface area contributed by atoms with E-state index in [1.165, 1.54) is 28.8 Å². The number of ether oxygens (including phenoxy) is 1. The highest BCUT2D eigenvalue weighted by molar-refractivity contribution is 5.99. The number of aliphatic hydroxyl groups is 1. The van der Waals surface area contributed by atoms with Crippen LogP contribution in [0.25, 0.3) is 22.3 Å². The maximum absolute atomic E-state index is 13.6. The van der Waals surface area contributed by atoms with Gasteiger partial charge in [0.1, 0.15) is 34.9 Å². The number of halogens is 1. The van der Waals surface area contributed by atoms with Crippen LogP contribution in [0.1, 0.15) is 48.3 Å². The van der Waals surface area contributed by atoms with E-state index in [0.717, 1.165) is 0 Å². The molecule has 0 fully saturated rings. The van der Waals surface area contributed by atoms with Gasteiger partial charge in [-0.2, -0.15) is 0 Å². The molecule has 10 heteroatoms. The van der Waals surface area contributed by atoms with E-state index in [4.69, 9.17) is 10.5 Å². The fourth-order valence-corrected chi connectivity index (χ4v) is 4.71. The first-order valence-electron chi connectivity index (χ1n) is 12.1. The molecular formula is C28H27FN4O5. The highest BCUT2D eigenvalue weighted by Crippen LogP contribution is 2.45. The molecule has 2 aromatic heterocycles. The van der Waals surface area contributed by atoms with Gasteiger partial charge in [0.05, 0.1) is 16.7 Å². The minimum absolute atomic E-state index is 0.00167. The Labute approximate surface area is 217 Å². The number of carbonyl (C=O) groups excluding carboxylic acids is 2. The summed E-state index contributed by atoms with van der Waals surface area (Å²) in [5.74, 6) is -0.892. The molecule has 3 heterocycles. The second-order valence-electron chi connectivity index (χ2n) is 10.1. The van der Waals surface area contributed by atoms with Crippen LogP contribution in [0.3, 0.4) is 0 Å². The first kappa shape index (κ1) is 25.3. The number of nitrogens with zero attached hydrogens (tertiary/aromatic N) is 2. The van der Waals surface area contributed by atoms with Gasteiger partial charge in [0.25, 0.3) is 0 Å². The van der Waals surface area contributed by atoms with Gasteiger partial charge in [0.15, 0.2) is 5.78 Å². The Morgan fingerprint density at radius 2 is 1.95 bits per heavy atom. The molecule has 196 valence electrons. The maximum Gasteiger partial charge on any atom is 0.326 e. The Morgan fingerprint density at radius 3 is 2.63 bits per heavy atom. The molecule has 1 amide bonds. The predicted molar refractivity (Wildman–Crippen MR) is 138 cm³/mol. The van der Waals surface area contributed by atoms with E-state index in [1.54, 1.807) is 45.2 Å². The van der Waals surface area contributed by atoms with Crippen molar-refractivity contribution < 1.29 is 23.8 Å². The van der Waals surface area contributed by atoms with Crippen molar-refractivity contribution in [3.63, 3.8) is 0 Å². The number of pyridine rings is 1. The number of hydrogen-bond donors (Lipinski definition) is 3. The molecule has 1 aliphatic heterocycles. The topological polar surface area (TPSA) is 140 Å². The van der Waals surface area contributed by atoms with Gasteiger partial charge in [-0.05, 0) is 68.8 Å². The van der Waals surface area contributed by atoms with E-state index in [1.807, 2.05) is 0 Å². The third-order valence-electron chi connectivity index (χ3n) is 7.35. The summed E-state index contributed by atoms with van der Waals surface area (Å²) in [6.07, 6.45) is 0.0156. The van der Waals surface area contributed by atoms with Crippen molar-refractivity contribution in [2.45, 2.75) is 37.7 Å². The van der Waals surface area contributed by atoms with Crippen LogP contribution in [0, 0.1) is 5.82 Å². The van der Waals surface area contributed by atoms with Crippen LogP contribution in [-0.4, -0.2) is 37.9 Å². The summed E-state index contributed by atoms with van der Waals surface area (Å²) in [5, 5.41) is 11.5. The van der Waals surface area contributed by atoms with Gasteiger partial charge in [-0.3, -0.25) is 14.2 Å². The molecule has 0 unspecified atom stereocenters. The molecule has 0 radical (unpaired) electrons. The zero-order valence-electron chi connectivity index (χ0n) is 21.2. The minimum atomic E-state index is -1.56. The summed E-state index contributed by atoms with van der Waals surface area (Å²) >= 11 is 0. The second kappa shape index (κ2) is 8.91. The number of hydrogen-bond acceptors (Lipinski definition) is 6. The first-order valence-corrected chi connectivity index (χ1v) is 12.1. The number of aromatic nitrogens is 3. The number of nitrogens with two attached hydrogens (primary N) is 1. The molecule has 0 aliphatic carbocycles. The van der Waals surface area contributed by atoms with Crippen molar-refractivity contribution in [2.24, 2.45) is 12.8 Å². The molecule has 4 aromatic rings. The van der Waals surface area contributed by atoms with Gasteiger partial charge >= 0.3 is 5.69 Å². The molecule has 0 saturated carbocycles. The van der Waals surface area contributed by atoms with Crippen LogP contribution in [0.5, 0.6) is 5.75 Å². The maximum atomic E-state index is 13.6. The molecule has 4 N–H and O–H groups in total. The molecule has 38 heavy (non-hydrogen) atoms. The SMILES string of the molecule is Cn1c(=O)[nH]c2cc(C(=O)CC[C@](C)(O)c3cc4c(c(-c5ccc(F)cc5)n3)OC[C@]4(C)C(N)=O)ccc21. The first-order chi connectivity index (χ1) is 17.9. The van der Waals surface area contributed by atoms with E-state index in [2.05, 4.69) is 9.97 Å². The number of primary amides is 1. The lowest BCUT2D eigenvalue weighted by Gasteiger charge is -2.26. The number of aryl methyl sites for hydroxylation is 1. The van der Waals surface area contributed by atoms with E-state index in [0.29, 0.717) is 39.2 Å². The zero-order valence-corrected chi connectivity index (χ0v) is 21.2. The van der Waals surface area contributed by atoms with Crippen molar-refractivity contribution in [1.29, 1.82) is 0 Å². The Kier molecular flexibility index (Phi) is 5.94. The Balaban J connectivity index is 1.49. The summed E-state index contributed by atoms with van der Waals surface area (Å²) < 4.78 is 20.9. The number of H-pyrrole nitrogens is 1. The average Bonchev–Trinajstić information content (AvgIpc) is 3.39. The van der Waals surface area contributed by atoms with Gasteiger partial charge in [0.2, 0.25) is 5.91 Å². The van der Waals surface area contributed by atoms with E-state index in [-0.39, 0.29) is 36.6 Å². The van der Waals surface area contributed by atoms with Gasteiger partial charge < -0.3 is 20.6 Å². The smallest absolute Gasteiger partial charge is 0.326 e. The average molecular weight is 519 g/mol. The standard InChI is InChI=1S/C28H27FN4O5/c1-27(25(30)35)14-38-24-18(27)13-22(32-23(24)15-4-7-17(29)8-5-15)28(2,37)11-10-21(34)16-6-9-20-19(12-16)31-26(36)33(20)3/h4-9,12-13,37H,10-11,14H2,1-3H3,(H2,30,35)(H,31,36)/t27-,28-/m0/s1. The largest absolute Gasteiger partial charge is 0.489 e. The van der Waals surface area contributed by atoms with E-state index >= 15 is 0 Å².